The first kappa shape index (κ1) is 14.5. The zero-order chi connectivity index (χ0) is 13.3. The maximum atomic E-state index is 12.2. The third-order valence-electron chi connectivity index (χ3n) is 2.22. The van der Waals surface area contributed by atoms with Crippen LogP contribution >= 0.6 is 11.6 Å². The Kier molecular flexibility index (Phi) is 4.23. The van der Waals surface area contributed by atoms with Gasteiger partial charge in [0.05, 0.1) is 4.90 Å². The van der Waals surface area contributed by atoms with Crippen LogP contribution < -0.4 is 0 Å². The van der Waals surface area contributed by atoms with Crippen LogP contribution in [-0.4, -0.2) is 26.3 Å². The molecule has 1 rings (SSSR count). The van der Waals surface area contributed by atoms with Crippen LogP contribution in [0.2, 0.25) is 5.02 Å². The van der Waals surface area contributed by atoms with Crippen LogP contribution in [0, 0.1) is 5.41 Å². The van der Waals surface area contributed by atoms with Crippen molar-refractivity contribution >= 4 is 21.6 Å². The van der Waals surface area contributed by atoms with Gasteiger partial charge in [-0.2, -0.15) is 0 Å². The van der Waals surface area contributed by atoms with E-state index in [0.717, 1.165) is 0 Å². The second-order valence-electron chi connectivity index (χ2n) is 5.28. The zero-order valence-electron chi connectivity index (χ0n) is 10.6. The van der Waals surface area contributed by atoms with Gasteiger partial charge in [-0.15, -0.1) is 0 Å². The molecule has 0 N–H and O–H groups in total. The van der Waals surface area contributed by atoms with Crippen LogP contribution in [0.5, 0.6) is 0 Å². The average Bonchev–Trinajstić information content (AvgIpc) is 2.15. The van der Waals surface area contributed by atoms with E-state index in [-0.39, 0.29) is 10.3 Å². The molecule has 0 amide bonds. The number of benzene rings is 1. The van der Waals surface area contributed by atoms with Gasteiger partial charge in [0.15, 0.2) is 0 Å². The summed E-state index contributed by atoms with van der Waals surface area (Å²) >= 11 is 5.74. The molecule has 0 saturated carbocycles. The van der Waals surface area contributed by atoms with Crippen LogP contribution in [0.3, 0.4) is 0 Å². The first-order valence-electron chi connectivity index (χ1n) is 5.35. The maximum Gasteiger partial charge on any atom is 0.242 e. The SMILES string of the molecule is CN(CC(C)(C)C)S(=O)(=O)c1ccc(Cl)cc1. The fourth-order valence-electron chi connectivity index (χ4n) is 1.54. The molecular formula is C12H18ClNO2S. The van der Waals surface area contributed by atoms with Crippen molar-refractivity contribution in [3.05, 3.63) is 29.3 Å². The lowest BCUT2D eigenvalue weighted by Crippen LogP contribution is -2.34. The van der Waals surface area contributed by atoms with Gasteiger partial charge in [-0.05, 0) is 29.7 Å². The van der Waals surface area contributed by atoms with Crippen molar-refractivity contribution in [2.24, 2.45) is 5.41 Å². The van der Waals surface area contributed by atoms with Gasteiger partial charge in [-0.3, -0.25) is 0 Å². The molecule has 0 atom stereocenters. The standard InChI is InChI=1S/C12H18ClNO2S/c1-12(2,3)9-14(4)17(15,16)11-7-5-10(13)6-8-11/h5-8H,9H2,1-4H3. The molecule has 17 heavy (non-hydrogen) atoms. The molecule has 0 radical (unpaired) electrons. The van der Waals surface area contributed by atoms with Gasteiger partial charge in [0, 0.05) is 18.6 Å². The van der Waals surface area contributed by atoms with Crippen molar-refractivity contribution in [3.8, 4) is 0 Å². The molecule has 0 fully saturated rings. The van der Waals surface area contributed by atoms with Gasteiger partial charge >= 0.3 is 0 Å². The number of rotatable bonds is 3. The molecule has 3 nitrogen and oxygen atoms in total. The Hall–Kier alpha value is -0.580. The van der Waals surface area contributed by atoms with Crippen LogP contribution in [0.4, 0.5) is 0 Å². The molecule has 1 aromatic carbocycles. The van der Waals surface area contributed by atoms with E-state index in [2.05, 4.69) is 0 Å². The largest absolute Gasteiger partial charge is 0.242 e. The molecule has 0 aliphatic heterocycles. The predicted molar refractivity (Wildman–Crippen MR) is 70.7 cm³/mol. The molecule has 0 aliphatic carbocycles. The van der Waals surface area contributed by atoms with Crippen molar-refractivity contribution in [1.82, 2.24) is 4.31 Å². The number of hydrogen-bond donors (Lipinski definition) is 0. The minimum absolute atomic E-state index is 0.0752. The zero-order valence-corrected chi connectivity index (χ0v) is 12.1. The summed E-state index contributed by atoms with van der Waals surface area (Å²) in [7, 11) is -1.82. The average molecular weight is 276 g/mol. The number of nitrogens with zero attached hydrogens (tertiary/aromatic N) is 1. The lowest BCUT2D eigenvalue weighted by atomic mass is 9.97. The topological polar surface area (TPSA) is 37.4 Å². The minimum Gasteiger partial charge on any atom is -0.207 e. The molecule has 0 aromatic heterocycles. The molecule has 5 heteroatoms. The maximum absolute atomic E-state index is 12.2. The van der Waals surface area contributed by atoms with E-state index in [0.29, 0.717) is 11.6 Å². The molecule has 0 bridgehead atoms. The van der Waals surface area contributed by atoms with Crippen LogP contribution in [0.25, 0.3) is 0 Å². The Morgan fingerprint density at radius 2 is 1.65 bits per heavy atom. The van der Waals surface area contributed by atoms with E-state index in [1.54, 1.807) is 19.2 Å². The third-order valence-corrected chi connectivity index (χ3v) is 4.29. The predicted octanol–water partition coefficient (Wildman–Crippen LogP) is 3.01. The Bertz CT molecular complexity index is 474. The Labute approximate surface area is 108 Å². The van der Waals surface area contributed by atoms with Crippen molar-refractivity contribution in [1.29, 1.82) is 0 Å². The quantitative estimate of drug-likeness (QED) is 0.850. The third kappa shape index (κ3) is 3.98. The van der Waals surface area contributed by atoms with E-state index < -0.39 is 10.0 Å². The fraction of sp³-hybridized carbons (Fsp3) is 0.500. The summed E-state index contributed by atoms with van der Waals surface area (Å²) in [5.41, 5.74) is -0.0752. The first-order chi connectivity index (χ1) is 7.63. The van der Waals surface area contributed by atoms with Gasteiger partial charge in [-0.25, -0.2) is 12.7 Å². The smallest absolute Gasteiger partial charge is 0.207 e. The second kappa shape index (κ2) is 4.96. The van der Waals surface area contributed by atoms with Crippen molar-refractivity contribution in [3.63, 3.8) is 0 Å². The fourth-order valence-corrected chi connectivity index (χ4v) is 3.06. The second-order valence-corrected chi connectivity index (χ2v) is 7.76. The monoisotopic (exact) mass is 275 g/mol. The van der Waals surface area contributed by atoms with E-state index >= 15 is 0 Å². The van der Waals surface area contributed by atoms with E-state index in [1.165, 1.54) is 16.4 Å². The highest BCUT2D eigenvalue weighted by atomic mass is 35.5. The van der Waals surface area contributed by atoms with Gasteiger partial charge in [-0.1, -0.05) is 32.4 Å². The molecule has 0 saturated heterocycles. The molecule has 0 heterocycles. The Morgan fingerprint density at radius 1 is 1.18 bits per heavy atom. The summed E-state index contributed by atoms with van der Waals surface area (Å²) in [4.78, 5) is 0.272. The first-order valence-corrected chi connectivity index (χ1v) is 7.17. The van der Waals surface area contributed by atoms with Crippen molar-refractivity contribution in [2.75, 3.05) is 13.6 Å². The normalized spacial score (nSPS) is 13.1. The van der Waals surface area contributed by atoms with Gasteiger partial charge in [0.25, 0.3) is 0 Å². The lowest BCUT2D eigenvalue weighted by molar-refractivity contribution is 0.311. The molecule has 96 valence electrons. The summed E-state index contributed by atoms with van der Waals surface area (Å²) in [5, 5.41) is 0.530. The van der Waals surface area contributed by atoms with E-state index in [9.17, 15) is 8.42 Å². The van der Waals surface area contributed by atoms with Crippen LogP contribution in [-0.2, 0) is 10.0 Å². The van der Waals surface area contributed by atoms with Crippen LogP contribution in [0.15, 0.2) is 29.2 Å². The molecular weight excluding hydrogens is 258 g/mol. The molecule has 1 aromatic rings. The lowest BCUT2D eigenvalue weighted by Gasteiger charge is -2.26. The number of halogens is 1. The summed E-state index contributed by atoms with van der Waals surface area (Å²) < 4.78 is 25.8. The Morgan fingerprint density at radius 3 is 2.06 bits per heavy atom. The van der Waals surface area contributed by atoms with Crippen molar-refractivity contribution in [2.45, 2.75) is 25.7 Å². The highest BCUT2D eigenvalue weighted by molar-refractivity contribution is 7.89. The summed E-state index contributed by atoms with van der Waals surface area (Å²) in [6.45, 7) is 6.47. The summed E-state index contributed by atoms with van der Waals surface area (Å²) in [5.74, 6) is 0. The van der Waals surface area contributed by atoms with Crippen LogP contribution in [0.1, 0.15) is 20.8 Å². The van der Waals surface area contributed by atoms with E-state index in [1.807, 2.05) is 20.8 Å². The van der Waals surface area contributed by atoms with Gasteiger partial charge in [0.1, 0.15) is 0 Å². The van der Waals surface area contributed by atoms with Gasteiger partial charge < -0.3 is 0 Å². The highest BCUT2D eigenvalue weighted by Crippen LogP contribution is 2.21. The van der Waals surface area contributed by atoms with Crippen molar-refractivity contribution < 1.29 is 8.42 Å². The summed E-state index contributed by atoms with van der Waals surface area (Å²) in [6, 6.07) is 6.21. The molecule has 0 aliphatic rings. The minimum atomic E-state index is -3.41. The Balaban J connectivity index is 2.99. The molecule has 0 unspecified atom stereocenters. The number of sulfonamides is 1. The van der Waals surface area contributed by atoms with E-state index in [4.69, 9.17) is 11.6 Å². The number of hydrogen-bond acceptors (Lipinski definition) is 2. The highest BCUT2D eigenvalue weighted by Gasteiger charge is 2.24. The van der Waals surface area contributed by atoms with Gasteiger partial charge in [0.2, 0.25) is 10.0 Å². The molecule has 0 spiro atoms. The summed E-state index contributed by atoms with van der Waals surface area (Å²) in [6.07, 6.45) is 0.